The van der Waals surface area contributed by atoms with Crippen LogP contribution < -0.4 is 10.5 Å². The molecule has 110 valence electrons. The second-order valence-corrected chi connectivity index (χ2v) is 5.05. The van der Waals surface area contributed by atoms with Crippen LogP contribution in [0.15, 0.2) is 42.5 Å². The van der Waals surface area contributed by atoms with E-state index in [0.29, 0.717) is 17.8 Å². The number of ether oxygens (including phenoxy) is 1. The van der Waals surface area contributed by atoms with Crippen molar-refractivity contribution in [3.05, 3.63) is 59.2 Å². The monoisotopic (exact) mass is 284 g/mol. The summed E-state index contributed by atoms with van der Waals surface area (Å²) in [5.41, 5.74) is 9.04. The molecule has 1 amide bonds. The molecule has 2 aromatic carbocycles. The molecule has 0 aliphatic heterocycles. The number of carbonyl (C=O) groups is 1. The molecule has 2 aromatic rings. The average Bonchev–Trinajstić information content (AvgIpc) is 2.50. The van der Waals surface area contributed by atoms with Crippen molar-refractivity contribution in [3.63, 3.8) is 0 Å². The van der Waals surface area contributed by atoms with Gasteiger partial charge >= 0.3 is 0 Å². The molecule has 0 radical (unpaired) electrons. The average molecular weight is 284 g/mol. The minimum Gasteiger partial charge on any atom is -0.497 e. The van der Waals surface area contributed by atoms with Gasteiger partial charge in [-0.05, 0) is 36.2 Å². The Morgan fingerprint density at radius 1 is 1.19 bits per heavy atom. The fourth-order valence-corrected chi connectivity index (χ4v) is 2.15. The zero-order valence-electron chi connectivity index (χ0n) is 12.6. The van der Waals surface area contributed by atoms with Gasteiger partial charge in [0.25, 0.3) is 5.91 Å². The van der Waals surface area contributed by atoms with Gasteiger partial charge < -0.3 is 15.4 Å². The highest BCUT2D eigenvalue weighted by atomic mass is 16.5. The molecule has 4 nitrogen and oxygen atoms in total. The molecule has 0 unspecified atom stereocenters. The molecule has 2 rings (SSSR count). The molecule has 0 spiro atoms. The largest absolute Gasteiger partial charge is 0.497 e. The second-order valence-electron chi connectivity index (χ2n) is 5.05. The number of nitrogen functional groups attached to an aromatic ring is 1. The van der Waals surface area contributed by atoms with Gasteiger partial charge in [0.1, 0.15) is 5.75 Å². The lowest BCUT2D eigenvalue weighted by atomic mass is 10.1. The lowest BCUT2D eigenvalue weighted by Gasteiger charge is -2.19. The van der Waals surface area contributed by atoms with Crippen molar-refractivity contribution in [2.45, 2.75) is 13.5 Å². The van der Waals surface area contributed by atoms with Crippen LogP contribution >= 0.6 is 0 Å². The first kappa shape index (κ1) is 14.9. The first-order valence-corrected chi connectivity index (χ1v) is 6.76. The van der Waals surface area contributed by atoms with E-state index in [1.165, 1.54) is 0 Å². The molecule has 0 aliphatic carbocycles. The molecule has 0 atom stereocenters. The van der Waals surface area contributed by atoms with Crippen molar-refractivity contribution in [2.75, 3.05) is 19.9 Å². The minimum atomic E-state index is -0.0768. The highest BCUT2D eigenvalue weighted by Crippen LogP contribution is 2.19. The Labute approximate surface area is 125 Å². The first-order chi connectivity index (χ1) is 10.0. The Morgan fingerprint density at radius 3 is 2.48 bits per heavy atom. The number of hydrogen-bond donors (Lipinski definition) is 1. The number of benzene rings is 2. The number of rotatable bonds is 4. The van der Waals surface area contributed by atoms with Gasteiger partial charge in [-0.1, -0.05) is 24.3 Å². The molecule has 0 aromatic heterocycles. The third kappa shape index (κ3) is 3.34. The van der Waals surface area contributed by atoms with E-state index in [0.717, 1.165) is 16.9 Å². The number of amides is 1. The number of carbonyl (C=O) groups excluding carboxylic acids is 1. The van der Waals surface area contributed by atoms with Crippen molar-refractivity contribution >= 4 is 11.6 Å². The first-order valence-electron chi connectivity index (χ1n) is 6.76. The SMILES string of the molecule is COc1ccc(CN(C)C(=O)c2cccc(C)c2N)cc1. The van der Waals surface area contributed by atoms with Crippen LogP contribution in [0.2, 0.25) is 0 Å². The smallest absolute Gasteiger partial charge is 0.255 e. The number of hydrogen-bond acceptors (Lipinski definition) is 3. The molecule has 4 heteroatoms. The van der Waals surface area contributed by atoms with Crippen molar-refractivity contribution < 1.29 is 9.53 Å². The van der Waals surface area contributed by atoms with Gasteiger partial charge in [-0.3, -0.25) is 4.79 Å². The van der Waals surface area contributed by atoms with Gasteiger partial charge in [0.15, 0.2) is 0 Å². The summed E-state index contributed by atoms with van der Waals surface area (Å²) in [7, 11) is 3.40. The van der Waals surface area contributed by atoms with Gasteiger partial charge in [0.2, 0.25) is 0 Å². The number of aryl methyl sites for hydroxylation is 1. The minimum absolute atomic E-state index is 0.0768. The molecule has 0 saturated carbocycles. The topological polar surface area (TPSA) is 55.6 Å². The number of methoxy groups -OCH3 is 1. The van der Waals surface area contributed by atoms with E-state index in [4.69, 9.17) is 10.5 Å². The Bertz CT molecular complexity index is 636. The predicted octanol–water partition coefficient (Wildman–Crippen LogP) is 2.86. The number of anilines is 1. The normalized spacial score (nSPS) is 10.2. The summed E-state index contributed by atoms with van der Waals surface area (Å²) < 4.78 is 5.12. The summed E-state index contributed by atoms with van der Waals surface area (Å²) in [4.78, 5) is 14.1. The highest BCUT2D eigenvalue weighted by molar-refractivity contribution is 5.99. The number of nitrogens with two attached hydrogens (primary N) is 1. The molecular weight excluding hydrogens is 264 g/mol. The quantitative estimate of drug-likeness (QED) is 0.878. The zero-order valence-corrected chi connectivity index (χ0v) is 12.6. The van der Waals surface area contributed by atoms with Gasteiger partial charge in [-0.15, -0.1) is 0 Å². The maximum Gasteiger partial charge on any atom is 0.255 e. The summed E-state index contributed by atoms with van der Waals surface area (Å²) in [6, 6.07) is 13.2. The molecule has 2 N–H and O–H groups in total. The van der Waals surface area contributed by atoms with Gasteiger partial charge in [-0.2, -0.15) is 0 Å². The van der Waals surface area contributed by atoms with E-state index in [1.807, 2.05) is 43.3 Å². The highest BCUT2D eigenvalue weighted by Gasteiger charge is 2.15. The second kappa shape index (κ2) is 6.31. The van der Waals surface area contributed by atoms with Crippen LogP contribution in [0.25, 0.3) is 0 Å². The summed E-state index contributed by atoms with van der Waals surface area (Å²) in [5, 5.41) is 0. The van der Waals surface area contributed by atoms with E-state index < -0.39 is 0 Å². The van der Waals surface area contributed by atoms with E-state index in [1.54, 1.807) is 25.1 Å². The van der Waals surface area contributed by atoms with Crippen molar-refractivity contribution in [2.24, 2.45) is 0 Å². The fourth-order valence-electron chi connectivity index (χ4n) is 2.15. The maximum absolute atomic E-state index is 12.5. The molecule has 0 saturated heterocycles. The Balaban J connectivity index is 2.13. The van der Waals surface area contributed by atoms with Crippen LogP contribution in [0.1, 0.15) is 21.5 Å². The van der Waals surface area contributed by atoms with Crippen LogP contribution in [0.4, 0.5) is 5.69 Å². The molecule has 0 aliphatic rings. The van der Waals surface area contributed by atoms with E-state index in [2.05, 4.69) is 0 Å². The molecule has 21 heavy (non-hydrogen) atoms. The summed E-state index contributed by atoms with van der Waals surface area (Å²) >= 11 is 0. The van der Waals surface area contributed by atoms with Crippen LogP contribution in [-0.2, 0) is 6.54 Å². The van der Waals surface area contributed by atoms with E-state index >= 15 is 0 Å². The summed E-state index contributed by atoms with van der Waals surface area (Å²) in [6.07, 6.45) is 0. The van der Waals surface area contributed by atoms with Crippen LogP contribution in [-0.4, -0.2) is 25.0 Å². The van der Waals surface area contributed by atoms with E-state index in [9.17, 15) is 4.79 Å². The third-order valence-electron chi connectivity index (χ3n) is 3.48. The van der Waals surface area contributed by atoms with Crippen LogP contribution in [0, 0.1) is 6.92 Å². The third-order valence-corrected chi connectivity index (χ3v) is 3.48. The van der Waals surface area contributed by atoms with Gasteiger partial charge in [-0.25, -0.2) is 0 Å². The number of para-hydroxylation sites is 1. The van der Waals surface area contributed by atoms with Crippen LogP contribution in [0.5, 0.6) is 5.75 Å². The summed E-state index contributed by atoms with van der Waals surface area (Å²) in [6.45, 7) is 2.42. The van der Waals surface area contributed by atoms with Gasteiger partial charge in [0, 0.05) is 19.3 Å². The Kier molecular flexibility index (Phi) is 4.48. The molecule has 0 fully saturated rings. The van der Waals surface area contributed by atoms with Crippen molar-refractivity contribution in [1.82, 2.24) is 4.90 Å². The summed E-state index contributed by atoms with van der Waals surface area (Å²) in [5.74, 6) is 0.725. The fraction of sp³-hybridized carbons (Fsp3) is 0.235. The van der Waals surface area contributed by atoms with Gasteiger partial charge in [0.05, 0.1) is 12.7 Å². The number of nitrogens with zero attached hydrogens (tertiary/aromatic N) is 1. The van der Waals surface area contributed by atoms with E-state index in [-0.39, 0.29) is 5.91 Å². The zero-order chi connectivity index (χ0) is 15.4. The maximum atomic E-state index is 12.5. The van der Waals surface area contributed by atoms with Crippen LogP contribution in [0.3, 0.4) is 0 Å². The predicted molar refractivity (Wildman–Crippen MR) is 84.4 cm³/mol. The molecule has 0 heterocycles. The Morgan fingerprint density at radius 2 is 1.86 bits per heavy atom. The molecule has 0 bridgehead atoms. The van der Waals surface area contributed by atoms with Crippen molar-refractivity contribution in [3.8, 4) is 5.75 Å². The van der Waals surface area contributed by atoms with Crippen molar-refractivity contribution in [1.29, 1.82) is 0 Å². The lowest BCUT2D eigenvalue weighted by molar-refractivity contribution is 0.0786. The lowest BCUT2D eigenvalue weighted by Crippen LogP contribution is -2.27. The molecular formula is C17H20N2O2. The standard InChI is InChI=1S/C17H20N2O2/c1-12-5-4-6-15(16(12)18)17(20)19(2)11-13-7-9-14(21-3)10-8-13/h4-10H,11,18H2,1-3H3. The Hall–Kier alpha value is -2.49.